The van der Waals surface area contributed by atoms with Crippen molar-refractivity contribution < 1.29 is 24.2 Å². The van der Waals surface area contributed by atoms with Gasteiger partial charge in [0.1, 0.15) is 17.3 Å². The van der Waals surface area contributed by atoms with Crippen molar-refractivity contribution in [3.63, 3.8) is 0 Å². The average Bonchev–Trinajstić information content (AvgIpc) is 3.17. The van der Waals surface area contributed by atoms with Crippen molar-refractivity contribution in [3.05, 3.63) is 100 Å². The first-order valence-electron chi connectivity index (χ1n) is 14.1. The van der Waals surface area contributed by atoms with Crippen LogP contribution in [0.25, 0.3) is 5.76 Å². The van der Waals surface area contributed by atoms with E-state index in [-0.39, 0.29) is 28.7 Å². The van der Waals surface area contributed by atoms with Gasteiger partial charge in [-0.3, -0.25) is 9.59 Å². The summed E-state index contributed by atoms with van der Waals surface area (Å²) in [5.41, 5.74) is 3.81. The third-order valence-corrected chi connectivity index (χ3v) is 7.48. The fourth-order valence-corrected chi connectivity index (χ4v) is 5.22. The molecule has 4 rings (SSSR count). The second-order valence-corrected chi connectivity index (χ2v) is 12.5. The summed E-state index contributed by atoms with van der Waals surface area (Å²) in [5, 5.41) is 11.7. The van der Waals surface area contributed by atoms with E-state index in [1.54, 1.807) is 13.2 Å². The second kappa shape index (κ2) is 11.4. The molecule has 0 aromatic heterocycles. The summed E-state index contributed by atoms with van der Waals surface area (Å²) < 4.78 is 11.2. The minimum Gasteiger partial charge on any atom is -0.507 e. The molecule has 0 spiro atoms. The molecule has 0 saturated carbocycles. The topological polar surface area (TPSA) is 76.1 Å². The highest BCUT2D eigenvalue weighted by Gasteiger charge is 2.46. The number of aliphatic hydroxyl groups excluding tert-OH is 1. The molecule has 6 nitrogen and oxygen atoms in total. The fraction of sp³-hybridized carbons (Fsp3) is 0.371. The lowest BCUT2D eigenvalue weighted by Crippen LogP contribution is -2.29. The molecule has 3 aromatic rings. The van der Waals surface area contributed by atoms with Crippen LogP contribution in [-0.2, 0) is 27.0 Å². The predicted octanol–water partition coefficient (Wildman–Crippen LogP) is 7.31. The number of amides is 1. The Morgan fingerprint density at radius 3 is 2.17 bits per heavy atom. The van der Waals surface area contributed by atoms with Gasteiger partial charge in [0.05, 0.1) is 25.3 Å². The van der Waals surface area contributed by atoms with E-state index >= 15 is 0 Å². The van der Waals surface area contributed by atoms with Gasteiger partial charge in [-0.25, -0.2) is 0 Å². The number of nitrogens with zero attached hydrogens (tertiary/aromatic N) is 1. The molecule has 3 aromatic carbocycles. The van der Waals surface area contributed by atoms with Gasteiger partial charge in [-0.1, -0.05) is 77.9 Å². The molecule has 41 heavy (non-hydrogen) atoms. The van der Waals surface area contributed by atoms with Crippen molar-refractivity contribution in [2.75, 3.05) is 13.7 Å². The van der Waals surface area contributed by atoms with Crippen LogP contribution >= 0.6 is 0 Å². The van der Waals surface area contributed by atoms with Gasteiger partial charge >= 0.3 is 0 Å². The van der Waals surface area contributed by atoms with E-state index < -0.39 is 17.7 Å². The number of carbonyl (C=O) groups is 2. The van der Waals surface area contributed by atoms with Crippen molar-refractivity contribution >= 4 is 17.4 Å². The Labute approximate surface area is 243 Å². The van der Waals surface area contributed by atoms with E-state index in [2.05, 4.69) is 41.5 Å². The van der Waals surface area contributed by atoms with Crippen LogP contribution in [0.3, 0.4) is 0 Å². The largest absolute Gasteiger partial charge is 0.507 e. The van der Waals surface area contributed by atoms with Crippen LogP contribution in [0.5, 0.6) is 11.5 Å². The molecule has 1 N–H and O–H groups in total. The summed E-state index contributed by atoms with van der Waals surface area (Å²) in [4.78, 5) is 28.7. The van der Waals surface area contributed by atoms with Crippen molar-refractivity contribution in [3.8, 4) is 11.5 Å². The number of ketones is 1. The van der Waals surface area contributed by atoms with E-state index in [1.165, 1.54) is 4.90 Å². The number of likely N-dealkylation sites (tertiary alicyclic amines) is 1. The lowest BCUT2D eigenvalue weighted by molar-refractivity contribution is -0.140. The highest BCUT2D eigenvalue weighted by Crippen LogP contribution is 2.42. The molecule has 0 radical (unpaired) electrons. The van der Waals surface area contributed by atoms with Crippen LogP contribution in [0.2, 0.25) is 0 Å². The third kappa shape index (κ3) is 6.17. The van der Waals surface area contributed by atoms with E-state index in [9.17, 15) is 14.7 Å². The van der Waals surface area contributed by atoms with Gasteiger partial charge < -0.3 is 19.5 Å². The van der Waals surface area contributed by atoms with Gasteiger partial charge in [0, 0.05) is 17.7 Å². The van der Waals surface area contributed by atoms with Crippen LogP contribution in [-0.4, -0.2) is 35.4 Å². The Morgan fingerprint density at radius 1 is 0.902 bits per heavy atom. The zero-order chi connectivity index (χ0) is 30.1. The normalized spacial score (nSPS) is 17.2. The molecule has 6 heteroatoms. The Kier molecular flexibility index (Phi) is 8.34. The number of benzene rings is 3. The number of hydrogen-bond acceptors (Lipinski definition) is 5. The van der Waals surface area contributed by atoms with Gasteiger partial charge in [-0.05, 0) is 64.8 Å². The lowest BCUT2D eigenvalue weighted by Gasteiger charge is -2.27. The Morgan fingerprint density at radius 2 is 1.59 bits per heavy atom. The van der Waals surface area contributed by atoms with Gasteiger partial charge in [-0.2, -0.15) is 0 Å². The number of Topliss-reactive ketones (excluding diaryl/α,β-unsaturated/α-hetero) is 1. The maximum Gasteiger partial charge on any atom is 0.295 e. The molecular formula is C35H41NO5. The second-order valence-electron chi connectivity index (χ2n) is 12.5. The number of hydrogen-bond donors (Lipinski definition) is 1. The highest BCUT2D eigenvalue weighted by atomic mass is 16.5. The number of carbonyl (C=O) groups excluding carboxylic acids is 2. The van der Waals surface area contributed by atoms with Crippen LogP contribution in [0.4, 0.5) is 0 Å². The maximum absolute atomic E-state index is 13.6. The van der Waals surface area contributed by atoms with Crippen LogP contribution in [0.1, 0.15) is 82.3 Å². The highest BCUT2D eigenvalue weighted by molar-refractivity contribution is 6.46. The quantitative estimate of drug-likeness (QED) is 0.188. The van der Waals surface area contributed by atoms with Crippen LogP contribution in [0.15, 0.2) is 72.3 Å². The van der Waals surface area contributed by atoms with E-state index in [0.717, 1.165) is 28.0 Å². The first kappa shape index (κ1) is 29.9. The molecule has 1 heterocycles. The lowest BCUT2D eigenvalue weighted by atomic mass is 9.84. The van der Waals surface area contributed by atoms with Crippen molar-refractivity contribution in [1.82, 2.24) is 4.90 Å². The average molecular weight is 556 g/mol. The molecule has 1 fully saturated rings. The molecule has 1 amide bonds. The third-order valence-electron chi connectivity index (χ3n) is 7.48. The number of rotatable bonds is 7. The molecule has 0 aliphatic carbocycles. The molecule has 1 atom stereocenters. The Balaban J connectivity index is 1.89. The Hall–Kier alpha value is -4.06. The van der Waals surface area contributed by atoms with Gasteiger partial charge in [0.15, 0.2) is 0 Å². The molecule has 216 valence electrons. The summed E-state index contributed by atoms with van der Waals surface area (Å²) in [7, 11) is 1.59. The first-order chi connectivity index (χ1) is 19.3. The first-order valence-corrected chi connectivity index (χ1v) is 14.1. The monoisotopic (exact) mass is 555 g/mol. The molecule has 0 bridgehead atoms. The minimum absolute atomic E-state index is 0.0629. The molecule has 1 aliphatic rings. The summed E-state index contributed by atoms with van der Waals surface area (Å²) >= 11 is 0. The van der Waals surface area contributed by atoms with Crippen LogP contribution < -0.4 is 9.47 Å². The van der Waals surface area contributed by atoms with E-state index in [4.69, 9.17) is 9.47 Å². The number of methoxy groups -OCH3 is 1. The van der Waals surface area contributed by atoms with E-state index in [0.29, 0.717) is 17.9 Å². The molecule has 1 saturated heterocycles. The SMILES string of the molecule is CCOc1ccc(/C(O)=C2/C(=O)C(=O)N(Cc3cccc(OC)c3)C2c2ccc(C(C)(C)C)cc2)cc1C(C)(C)C. The summed E-state index contributed by atoms with van der Waals surface area (Å²) in [6.45, 7) is 15.2. The van der Waals surface area contributed by atoms with Crippen molar-refractivity contribution in [1.29, 1.82) is 0 Å². The smallest absolute Gasteiger partial charge is 0.295 e. The predicted molar refractivity (Wildman–Crippen MR) is 162 cm³/mol. The zero-order valence-corrected chi connectivity index (χ0v) is 25.4. The summed E-state index contributed by atoms with van der Waals surface area (Å²) in [6.07, 6.45) is 0. The van der Waals surface area contributed by atoms with Crippen LogP contribution in [0, 0.1) is 0 Å². The standard InChI is InChI=1S/C35H41NO5/c1-9-41-28-18-15-24(20-27(28)35(5,6)7)31(37)29-30(23-13-16-25(17-14-23)34(2,3)4)36(33(39)32(29)38)21-22-11-10-12-26(19-22)40-8/h10-20,30,37H,9,21H2,1-8H3/b31-29-. The number of aliphatic hydroxyl groups is 1. The Bertz CT molecular complexity index is 1470. The van der Waals surface area contributed by atoms with Crippen molar-refractivity contribution in [2.45, 2.75) is 71.9 Å². The van der Waals surface area contributed by atoms with E-state index in [1.807, 2.05) is 67.6 Å². The molecular weight excluding hydrogens is 514 g/mol. The maximum atomic E-state index is 13.6. The van der Waals surface area contributed by atoms with Crippen molar-refractivity contribution in [2.24, 2.45) is 0 Å². The van der Waals surface area contributed by atoms with Gasteiger partial charge in [0.2, 0.25) is 0 Å². The minimum atomic E-state index is -0.764. The molecule has 1 aliphatic heterocycles. The molecule has 1 unspecified atom stereocenters. The van der Waals surface area contributed by atoms with Gasteiger partial charge in [0.25, 0.3) is 11.7 Å². The summed E-state index contributed by atoms with van der Waals surface area (Å²) in [6, 6.07) is 20.0. The number of ether oxygens (including phenoxy) is 2. The van der Waals surface area contributed by atoms with Gasteiger partial charge in [-0.15, -0.1) is 0 Å². The zero-order valence-electron chi connectivity index (χ0n) is 25.4. The fourth-order valence-electron chi connectivity index (χ4n) is 5.22. The summed E-state index contributed by atoms with van der Waals surface area (Å²) in [5.74, 6) is -0.170.